The summed E-state index contributed by atoms with van der Waals surface area (Å²) in [6.07, 6.45) is 0.863. The predicted octanol–water partition coefficient (Wildman–Crippen LogP) is 0.0182. The number of hydrogen-bond acceptors (Lipinski definition) is 3. The molecular formula is C4H11NOS. The SMILES string of the molecule is NCSCCCO. The molecule has 0 bridgehead atoms. The van der Waals surface area contributed by atoms with E-state index in [1.54, 1.807) is 11.8 Å². The number of nitrogens with two attached hydrogens (primary N) is 1. The molecule has 2 nitrogen and oxygen atoms in total. The third-order valence-electron chi connectivity index (χ3n) is 0.565. The first-order valence-electron chi connectivity index (χ1n) is 2.30. The molecular weight excluding hydrogens is 110 g/mol. The monoisotopic (exact) mass is 121 g/mol. The highest BCUT2D eigenvalue weighted by Gasteiger charge is 1.80. The normalized spacial score (nSPS) is 9.43. The van der Waals surface area contributed by atoms with Crippen LogP contribution in [0.15, 0.2) is 0 Å². The molecule has 0 unspecified atom stereocenters. The molecule has 7 heavy (non-hydrogen) atoms. The van der Waals surface area contributed by atoms with Crippen LogP contribution in [0.25, 0.3) is 0 Å². The molecule has 0 saturated carbocycles. The average molecular weight is 121 g/mol. The minimum atomic E-state index is 0.285. The van der Waals surface area contributed by atoms with Gasteiger partial charge in [-0.3, -0.25) is 0 Å². The summed E-state index contributed by atoms with van der Waals surface area (Å²) < 4.78 is 0. The van der Waals surface area contributed by atoms with Gasteiger partial charge in [0.15, 0.2) is 0 Å². The van der Waals surface area contributed by atoms with Gasteiger partial charge in [0.05, 0.1) is 0 Å². The summed E-state index contributed by atoms with van der Waals surface area (Å²) in [7, 11) is 0. The van der Waals surface area contributed by atoms with Gasteiger partial charge in [0, 0.05) is 12.5 Å². The van der Waals surface area contributed by atoms with Crippen LogP contribution in [-0.4, -0.2) is 23.3 Å². The number of hydrogen-bond donors (Lipinski definition) is 2. The lowest BCUT2D eigenvalue weighted by Gasteiger charge is -1.91. The van der Waals surface area contributed by atoms with Crippen molar-refractivity contribution in [3.8, 4) is 0 Å². The van der Waals surface area contributed by atoms with Crippen LogP contribution in [-0.2, 0) is 0 Å². The molecule has 0 spiro atoms. The fraction of sp³-hybridized carbons (Fsp3) is 1.00. The molecule has 0 aromatic heterocycles. The van der Waals surface area contributed by atoms with Crippen molar-refractivity contribution >= 4 is 11.8 Å². The van der Waals surface area contributed by atoms with E-state index in [-0.39, 0.29) is 6.61 Å². The van der Waals surface area contributed by atoms with Gasteiger partial charge in [-0.1, -0.05) is 0 Å². The molecule has 3 N–H and O–H groups in total. The van der Waals surface area contributed by atoms with Crippen molar-refractivity contribution in [2.75, 3.05) is 18.2 Å². The van der Waals surface area contributed by atoms with Crippen LogP contribution in [0.3, 0.4) is 0 Å². The number of aliphatic hydroxyl groups excluding tert-OH is 1. The quantitative estimate of drug-likeness (QED) is 0.407. The molecule has 0 fully saturated rings. The second-order valence-electron chi connectivity index (χ2n) is 1.15. The Labute approximate surface area is 48.1 Å². The lowest BCUT2D eigenvalue weighted by atomic mass is 10.5. The summed E-state index contributed by atoms with van der Waals surface area (Å²) in [4.78, 5) is 0. The summed E-state index contributed by atoms with van der Waals surface area (Å²) in [5.41, 5.74) is 5.15. The molecule has 0 radical (unpaired) electrons. The highest BCUT2D eigenvalue weighted by Crippen LogP contribution is 1.95. The number of thioether (sulfide) groups is 1. The molecule has 0 aliphatic carbocycles. The highest BCUT2D eigenvalue weighted by atomic mass is 32.2. The topological polar surface area (TPSA) is 46.2 Å². The Kier molecular flexibility index (Phi) is 6.51. The molecule has 0 atom stereocenters. The Hall–Kier alpha value is 0.270. The lowest BCUT2D eigenvalue weighted by molar-refractivity contribution is 0.296. The summed E-state index contributed by atoms with van der Waals surface area (Å²) >= 11 is 1.65. The molecule has 0 saturated heterocycles. The van der Waals surface area contributed by atoms with Gasteiger partial charge in [-0.05, 0) is 12.2 Å². The largest absolute Gasteiger partial charge is 0.396 e. The van der Waals surface area contributed by atoms with Crippen molar-refractivity contribution < 1.29 is 5.11 Å². The van der Waals surface area contributed by atoms with Crippen LogP contribution >= 0.6 is 11.8 Å². The van der Waals surface area contributed by atoms with Crippen LogP contribution in [0, 0.1) is 0 Å². The van der Waals surface area contributed by atoms with Gasteiger partial charge >= 0.3 is 0 Å². The molecule has 0 aliphatic heterocycles. The Balaban J connectivity index is 2.45. The smallest absolute Gasteiger partial charge is 0.0438 e. The van der Waals surface area contributed by atoms with Crippen molar-refractivity contribution in [2.45, 2.75) is 6.42 Å². The molecule has 44 valence electrons. The summed E-state index contributed by atoms with van der Waals surface area (Å²) in [6.45, 7) is 0.285. The first kappa shape index (κ1) is 7.27. The van der Waals surface area contributed by atoms with Gasteiger partial charge in [0.1, 0.15) is 0 Å². The second kappa shape index (κ2) is 6.27. The summed E-state index contributed by atoms with van der Waals surface area (Å²) in [5.74, 6) is 1.65. The third kappa shape index (κ3) is 6.27. The van der Waals surface area contributed by atoms with Crippen LogP contribution in [0.4, 0.5) is 0 Å². The number of aliphatic hydroxyl groups is 1. The Morgan fingerprint density at radius 3 is 2.71 bits per heavy atom. The first-order valence-corrected chi connectivity index (χ1v) is 3.46. The Morgan fingerprint density at radius 1 is 1.57 bits per heavy atom. The van der Waals surface area contributed by atoms with Crippen LogP contribution in [0.5, 0.6) is 0 Å². The fourth-order valence-electron chi connectivity index (χ4n) is 0.250. The van der Waals surface area contributed by atoms with E-state index in [1.165, 1.54) is 0 Å². The maximum atomic E-state index is 8.24. The fourth-order valence-corrected chi connectivity index (χ4v) is 0.750. The van der Waals surface area contributed by atoms with Gasteiger partial charge in [0.2, 0.25) is 0 Å². The molecule has 0 amide bonds. The molecule has 0 aromatic carbocycles. The molecule has 0 aromatic rings. The van der Waals surface area contributed by atoms with E-state index < -0.39 is 0 Å². The highest BCUT2D eigenvalue weighted by molar-refractivity contribution is 7.99. The van der Waals surface area contributed by atoms with E-state index in [9.17, 15) is 0 Å². The van der Waals surface area contributed by atoms with Gasteiger partial charge < -0.3 is 10.8 Å². The van der Waals surface area contributed by atoms with Crippen molar-refractivity contribution in [1.82, 2.24) is 0 Å². The van der Waals surface area contributed by atoms with Crippen LogP contribution in [0.2, 0.25) is 0 Å². The Morgan fingerprint density at radius 2 is 2.29 bits per heavy atom. The van der Waals surface area contributed by atoms with E-state index >= 15 is 0 Å². The second-order valence-corrected chi connectivity index (χ2v) is 2.30. The van der Waals surface area contributed by atoms with Crippen molar-refractivity contribution in [2.24, 2.45) is 5.73 Å². The zero-order valence-corrected chi connectivity index (χ0v) is 5.08. The van der Waals surface area contributed by atoms with E-state index in [4.69, 9.17) is 10.8 Å². The maximum absolute atomic E-state index is 8.24. The van der Waals surface area contributed by atoms with E-state index in [0.717, 1.165) is 12.2 Å². The van der Waals surface area contributed by atoms with Crippen molar-refractivity contribution in [1.29, 1.82) is 0 Å². The molecule has 0 aliphatic rings. The third-order valence-corrected chi connectivity index (χ3v) is 1.38. The average Bonchev–Trinajstić information content (AvgIpc) is 1.69. The van der Waals surface area contributed by atoms with Gasteiger partial charge in [-0.2, -0.15) is 0 Å². The molecule has 3 heteroatoms. The minimum absolute atomic E-state index is 0.285. The first-order chi connectivity index (χ1) is 3.41. The zero-order valence-electron chi connectivity index (χ0n) is 4.26. The number of rotatable bonds is 4. The predicted molar refractivity (Wildman–Crippen MR) is 33.2 cm³/mol. The van der Waals surface area contributed by atoms with E-state index in [1.807, 2.05) is 0 Å². The van der Waals surface area contributed by atoms with E-state index in [2.05, 4.69) is 0 Å². The maximum Gasteiger partial charge on any atom is 0.0438 e. The molecule has 0 heterocycles. The standard InChI is InChI=1S/C4H11NOS/c5-4-7-3-1-2-6/h6H,1-5H2. The van der Waals surface area contributed by atoms with Crippen LogP contribution < -0.4 is 5.73 Å². The van der Waals surface area contributed by atoms with Gasteiger partial charge in [-0.15, -0.1) is 11.8 Å². The lowest BCUT2D eigenvalue weighted by Crippen LogP contribution is -1.95. The van der Waals surface area contributed by atoms with Crippen molar-refractivity contribution in [3.05, 3.63) is 0 Å². The minimum Gasteiger partial charge on any atom is -0.396 e. The summed E-state index contributed by atoms with van der Waals surface area (Å²) in [6, 6.07) is 0. The zero-order chi connectivity index (χ0) is 5.54. The van der Waals surface area contributed by atoms with Gasteiger partial charge in [-0.25, -0.2) is 0 Å². The Bertz CT molecular complexity index is 30.9. The van der Waals surface area contributed by atoms with Crippen molar-refractivity contribution in [3.63, 3.8) is 0 Å². The van der Waals surface area contributed by atoms with Crippen LogP contribution in [0.1, 0.15) is 6.42 Å². The summed E-state index contributed by atoms with van der Waals surface area (Å²) in [5, 5.41) is 8.24. The van der Waals surface area contributed by atoms with E-state index in [0.29, 0.717) is 5.88 Å². The molecule has 0 rings (SSSR count). The van der Waals surface area contributed by atoms with Gasteiger partial charge in [0.25, 0.3) is 0 Å².